The molecule has 1 aromatic carbocycles. The summed E-state index contributed by atoms with van der Waals surface area (Å²) in [5, 5.41) is 19.4. The monoisotopic (exact) mass is 327 g/mol. The third-order valence-electron chi connectivity index (χ3n) is 2.69. The molecule has 0 amide bonds. The number of aromatic nitrogens is 1. The molecular formula is C14H11Cl2NO4. The summed E-state index contributed by atoms with van der Waals surface area (Å²) in [6, 6.07) is 6.01. The second-order valence-corrected chi connectivity index (χ2v) is 5.11. The van der Waals surface area contributed by atoms with E-state index >= 15 is 0 Å². The van der Waals surface area contributed by atoms with Gasteiger partial charge in [-0.15, -0.1) is 0 Å². The lowest BCUT2D eigenvalue weighted by Gasteiger charge is -2.12. The zero-order valence-corrected chi connectivity index (χ0v) is 12.4. The van der Waals surface area contributed by atoms with E-state index in [-0.39, 0.29) is 11.5 Å². The van der Waals surface area contributed by atoms with Crippen molar-refractivity contribution in [2.75, 3.05) is 0 Å². The number of phenols is 1. The van der Waals surface area contributed by atoms with Crippen molar-refractivity contribution in [3.63, 3.8) is 0 Å². The second kappa shape index (κ2) is 6.20. The van der Waals surface area contributed by atoms with Gasteiger partial charge in [-0.25, -0.2) is 4.79 Å². The highest BCUT2D eigenvalue weighted by molar-refractivity contribution is 6.36. The van der Waals surface area contributed by atoms with Gasteiger partial charge in [0.2, 0.25) is 0 Å². The molecule has 2 aromatic rings. The largest absolute Gasteiger partial charge is 0.504 e. The first-order chi connectivity index (χ1) is 9.88. The van der Waals surface area contributed by atoms with Crippen LogP contribution < -0.4 is 4.74 Å². The Hall–Kier alpha value is -1.98. The maximum absolute atomic E-state index is 10.7. The van der Waals surface area contributed by atoms with E-state index in [4.69, 9.17) is 33.0 Å². The predicted molar refractivity (Wildman–Crippen MR) is 79.1 cm³/mol. The molecule has 5 nitrogen and oxygen atoms in total. The fraction of sp³-hybridized carbons (Fsp3) is 0.143. The van der Waals surface area contributed by atoms with Gasteiger partial charge < -0.3 is 14.9 Å². The fourth-order valence-corrected chi connectivity index (χ4v) is 2.12. The first-order valence-corrected chi connectivity index (χ1v) is 6.68. The van der Waals surface area contributed by atoms with Gasteiger partial charge in [-0.2, -0.15) is 0 Å². The van der Waals surface area contributed by atoms with Crippen molar-refractivity contribution >= 4 is 29.2 Å². The van der Waals surface area contributed by atoms with Crippen molar-refractivity contribution in [1.29, 1.82) is 0 Å². The summed E-state index contributed by atoms with van der Waals surface area (Å²) < 4.78 is 5.12. The van der Waals surface area contributed by atoms with Gasteiger partial charge in [-0.3, -0.25) is 4.98 Å². The molecule has 7 heteroatoms. The highest BCUT2D eigenvalue weighted by Gasteiger charge is 2.16. The Labute approximate surface area is 130 Å². The average molecular weight is 328 g/mol. The smallest absolute Gasteiger partial charge is 0.344 e. The summed E-state index contributed by atoms with van der Waals surface area (Å²) in [6.45, 7) is 1.37. The fourth-order valence-electron chi connectivity index (χ4n) is 1.63. The lowest BCUT2D eigenvalue weighted by atomic mass is 10.1. The van der Waals surface area contributed by atoms with Crippen LogP contribution in [0.3, 0.4) is 0 Å². The number of carbonyl (C=O) groups is 1. The molecular weight excluding hydrogens is 317 g/mol. The zero-order valence-electron chi connectivity index (χ0n) is 10.9. The molecule has 0 aliphatic heterocycles. The summed E-state index contributed by atoms with van der Waals surface area (Å²) in [6.07, 6.45) is 0.371. The Morgan fingerprint density at radius 2 is 2.05 bits per heavy atom. The van der Waals surface area contributed by atoms with Crippen molar-refractivity contribution in [2.45, 2.75) is 13.0 Å². The number of nitrogens with zero attached hydrogens (tertiary/aromatic N) is 1. The number of hydrogen-bond acceptors (Lipinski definition) is 4. The molecule has 1 atom stereocenters. The second-order valence-electron chi connectivity index (χ2n) is 4.26. The Kier molecular flexibility index (Phi) is 4.55. The van der Waals surface area contributed by atoms with Crippen molar-refractivity contribution < 1.29 is 19.7 Å². The third-order valence-corrected chi connectivity index (χ3v) is 3.19. The minimum absolute atomic E-state index is 0.0683. The number of carboxylic acid groups (broad SMARTS) is 1. The number of hydrogen-bond donors (Lipinski definition) is 2. The van der Waals surface area contributed by atoms with Gasteiger partial charge in [0, 0.05) is 11.8 Å². The van der Waals surface area contributed by atoms with Gasteiger partial charge in [-0.1, -0.05) is 23.2 Å². The number of carboxylic acids is 1. The summed E-state index contributed by atoms with van der Waals surface area (Å²) in [5.74, 6) is -1.26. The summed E-state index contributed by atoms with van der Waals surface area (Å²) >= 11 is 11.8. The van der Waals surface area contributed by atoms with Gasteiger partial charge in [0.05, 0.1) is 15.7 Å². The van der Waals surface area contributed by atoms with E-state index in [1.807, 2.05) is 0 Å². The predicted octanol–water partition coefficient (Wildman–Crippen LogP) is 3.61. The van der Waals surface area contributed by atoms with Gasteiger partial charge in [0.1, 0.15) is 0 Å². The van der Waals surface area contributed by atoms with Crippen LogP contribution in [0.2, 0.25) is 10.0 Å². The van der Waals surface area contributed by atoms with E-state index < -0.39 is 12.1 Å². The summed E-state index contributed by atoms with van der Waals surface area (Å²) in [7, 11) is 0. The lowest BCUT2D eigenvalue weighted by Crippen LogP contribution is -2.22. The van der Waals surface area contributed by atoms with Crippen molar-refractivity contribution in [3.05, 3.63) is 40.5 Å². The lowest BCUT2D eigenvalue weighted by molar-refractivity contribution is -0.144. The number of benzene rings is 1. The molecule has 21 heavy (non-hydrogen) atoms. The maximum atomic E-state index is 10.7. The van der Waals surface area contributed by atoms with E-state index in [9.17, 15) is 9.90 Å². The maximum Gasteiger partial charge on any atom is 0.344 e. The SMILES string of the molecule is C[C@@H](Oc1ccc(-c2ncc(Cl)cc2Cl)cc1O)C(=O)O. The molecule has 2 N–H and O–H groups in total. The first-order valence-electron chi connectivity index (χ1n) is 5.92. The van der Waals surface area contributed by atoms with Crippen LogP contribution in [0.4, 0.5) is 0 Å². The molecule has 0 fully saturated rings. The van der Waals surface area contributed by atoms with E-state index in [2.05, 4.69) is 4.98 Å². The van der Waals surface area contributed by atoms with Crippen molar-refractivity contribution in [2.24, 2.45) is 0 Å². The van der Waals surface area contributed by atoms with Crippen LogP contribution in [0, 0.1) is 0 Å². The molecule has 110 valence electrons. The quantitative estimate of drug-likeness (QED) is 0.896. The Bertz CT molecular complexity index is 691. The van der Waals surface area contributed by atoms with Crippen molar-refractivity contribution in [3.8, 4) is 22.8 Å². The van der Waals surface area contributed by atoms with Gasteiger partial charge in [-0.05, 0) is 31.2 Å². The van der Waals surface area contributed by atoms with Gasteiger partial charge in [0.25, 0.3) is 0 Å². The summed E-state index contributed by atoms with van der Waals surface area (Å²) in [5.41, 5.74) is 1.01. The molecule has 0 radical (unpaired) electrons. The molecule has 0 saturated carbocycles. The molecule has 1 aromatic heterocycles. The van der Waals surface area contributed by atoms with Crippen molar-refractivity contribution in [1.82, 2.24) is 4.98 Å². The normalized spacial score (nSPS) is 12.0. The Balaban J connectivity index is 2.32. The minimum Gasteiger partial charge on any atom is -0.504 e. The number of ether oxygens (including phenoxy) is 1. The van der Waals surface area contributed by atoms with Gasteiger partial charge >= 0.3 is 5.97 Å². The first kappa shape index (κ1) is 15.4. The highest BCUT2D eigenvalue weighted by Crippen LogP contribution is 2.34. The number of rotatable bonds is 4. The topological polar surface area (TPSA) is 79.7 Å². The van der Waals surface area contributed by atoms with E-state index in [0.717, 1.165) is 0 Å². The van der Waals surface area contributed by atoms with Crippen LogP contribution in [-0.4, -0.2) is 27.3 Å². The van der Waals surface area contributed by atoms with Crippen LogP contribution in [0.25, 0.3) is 11.3 Å². The molecule has 2 rings (SSSR count). The van der Waals surface area contributed by atoms with Crippen LogP contribution in [0.5, 0.6) is 11.5 Å². The number of aliphatic carboxylic acids is 1. The minimum atomic E-state index is -1.12. The van der Waals surface area contributed by atoms with Gasteiger partial charge in [0.15, 0.2) is 17.6 Å². The van der Waals surface area contributed by atoms with Crippen LogP contribution in [0.15, 0.2) is 30.5 Å². The summed E-state index contributed by atoms with van der Waals surface area (Å²) in [4.78, 5) is 14.8. The molecule has 0 bridgehead atoms. The highest BCUT2D eigenvalue weighted by atomic mass is 35.5. The van der Waals surface area contributed by atoms with Crippen LogP contribution in [0.1, 0.15) is 6.92 Å². The molecule has 1 heterocycles. The number of halogens is 2. The average Bonchev–Trinajstić information content (AvgIpc) is 2.41. The number of phenolic OH excluding ortho intramolecular Hbond substituents is 1. The molecule has 0 unspecified atom stereocenters. The van der Waals surface area contributed by atoms with Crippen LogP contribution in [-0.2, 0) is 4.79 Å². The molecule has 0 aliphatic rings. The standard InChI is InChI=1S/C14H11Cl2NO4/c1-7(14(19)20)21-12-3-2-8(4-11(12)18)13-10(16)5-9(15)6-17-13/h2-7,18H,1H3,(H,19,20)/t7-/m1/s1. The number of pyridine rings is 1. The van der Waals surface area contributed by atoms with E-state index in [1.165, 1.54) is 25.3 Å². The van der Waals surface area contributed by atoms with Crippen LogP contribution >= 0.6 is 23.2 Å². The van der Waals surface area contributed by atoms with E-state index in [1.54, 1.807) is 12.1 Å². The number of aromatic hydroxyl groups is 1. The molecule has 0 spiro atoms. The van der Waals surface area contributed by atoms with E-state index in [0.29, 0.717) is 21.3 Å². The third kappa shape index (κ3) is 3.56. The zero-order chi connectivity index (χ0) is 15.6. The molecule has 0 saturated heterocycles. The molecule has 0 aliphatic carbocycles. The Morgan fingerprint density at radius 1 is 1.33 bits per heavy atom. The Morgan fingerprint density at radius 3 is 2.62 bits per heavy atom.